The van der Waals surface area contributed by atoms with Crippen LogP contribution in [0, 0.1) is 0 Å². The van der Waals surface area contributed by atoms with Gasteiger partial charge in [0, 0.05) is 32.5 Å². The van der Waals surface area contributed by atoms with Crippen molar-refractivity contribution in [1.82, 2.24) is 10.2 Å². The molecule has 23 heavy (non-hydrogen) atoms. The molecule has 0 bridgehead atoms. The molecule has 0 saturated carbocycles. The summed E-state index contributed by atoms with van der Waals surface area (Å²) in [6.07, 6.45) is 2.36. The van der Waals surface area contributed by atoms with Crippen molar-refractivity contribution >= 4 is 24.8 Å². The van der Waals surface area contributed by atoms with Crippen LogP contribution in [0.25, 0.3) is 0 Å². The van der Waals surface area contributed by atoms with Crippen LogP contribution in [-0.2, 0) is 6.54 Å². The van der Waals surface area contributed by atoms with E-state index in [1.54, 1.807) is 0 Å². The van der Waals surface area contributed by atoms with Gasteiger partial charge >= 0.3 is 0 Å². The van der Waals surface area contributed by atoms with Crippen LogP contribution in [0.1, 0.15) is 42.7 Å². The van der Waals surface area contributed by atoms with E-state index in [0.717, 1.165) is 19.6 Å². The van der Waals surface area contributed by atoms with Gasteiger partial charge in [0.2, 0.25) is 0 Å². The normalized spacial score (nSPS) is 22.0. The first-order chi connectivity index (χ1) is 10.1. The minimum Gasteiger partial charge on any atom is -0.317 e. The van der Waals surface area contributed by atoms with Gasteiger partial charge in [-0.05, 0) is 43.0 Å². The predicted molar refractivity (Wildman–Crippen MR) is 95.2 cm³/mol. The predicted octanol–water partition coefficient (Wildman–Crippen LogP) is 4.23. The van der Waals surface area contributed by atoms with E-state index < -0.39 is 5.92 Å². The Hall–Kier alpha value is -0.420. The summed E-state index contributed by atoms with van der Waals surface area (Å²) >= 11 is 0. The fraction of sp³-hybridized carbons (Fsp3) is 0.647. The Morgan fingerprint density at radius 2 is 1.65 bits per heavy atom. The molecule has 0 spiro atoms. The van der Waals surface area contributed by atoms with E-state index in [2.05, 4.69) is 34.5 Å². The van der Waals surface area contributed by atoms with E-state index in [0.29, 0.717) is 19.0 Å². The van der Waals surface area contributed by atoms with Gasteiger partial charge < -0.3 is 5.32 Å². The number of rotatable bonds is 3. The number of piperidine rings is 2. The summed E-state index contributed by atoms with van der Waals surface area (Å²) in [6, 6.07) is 8.57. The van der Waals surface area contributed by atoms with Crippen LogP contribution in [-0.4, -0.2) is 37.0 Å². The van der Waals surface area contributed by atoms with Crippen molar-refractivity contribution in [3.8, 4) is 0 Å². The quantitative estimate of drug-likeness (QED) is 0.860. The van der Waals surface area contributed by atoms with Gasteiger partial charge in [-0.15, -0.1) is 24.8 Å². The van der Waals surface area contributed by atoms with Crippen LogP contribution in [0.15, 0.2) is 24.3 Å². The lowest BCUT2D eigenvalue weighted by Crippen LogP contribution is -2.39. The van der Waals surface area contributed by atoms with Crippen molar-refractivity contribution in [3.63, 3.8) is 0 Å². The summed E-state index contributed by atoms with van der Waals surface area (Å²) in [5.41, 5.74) is 2.76. The molecule has 1 aromatic rings. The smallest absolute Gasteiger partial charge is 0.250 e. The van der Waals surface area contributed by atoms with Crippen molar-refractivity contribution in [3.05, 3.63) is 35.4 Å². The average molecular weight is 367 g/mol. The van der Waals surface area contributed by atoms with Crippen molar-refractivity contribution in [1.29, 1.82) is 0 Å². The van der Waals surface area contributed by atoms with Gasteiger partial charge in [-0.25, -0.2) is 8.78 Å². The summed E-state index contributed by atoms with van der Waals surface area (Å²) < 4.78 is 26.5. The Morgan fingerprint density at radius 1 is 1.04 bits per heavy atom. The largest absolute Gasteiger partial charge is 0.317 e. The van der Waals surface area contributed by atoms with Gasteiger partial charge in [0.25, 0.3) is 5.92 Å². The maximum Gasteiger partial charge on any atom is 0.250 e. The molecule has 0 aromatic heterocycles. The van der Waals surface area contributed by atoms with E-state index in [1.165, 1.54) is 24.0 Å². The van der Waals surface area contributed by atoms with Crippen molar-refractivity contribution in [2.24, 2.45) is 0 Å². The molecular formula is C17H26Cl2F2N2. The molecule has 2 nitrogen and oxygen atoms in total. The fourth-order valence-electron chi connectivity index (χ4n) is 3.49. The zero-order valence-electron chi connectivity index (χ0n) is 13.3. The second-order valence-corrected chi connectivity index (χ2v) is 6.36. The van der Waals surface area contributed by atoms with Crippen LogP contribution < -0.4 is 5.32 Å². The van der Waals surface area contributed by atoms with Gasteiger partial charge in [-0.1, -0.05) is 24.3 Å². The van der Waals surface area contributed by atoms with E-state index in [4.69, 9.17) is 0 Å². The number of likely N-dealkylation sites (tertiary alicyclic amines) is 1. The Balaban J connectivity index is 0.00000132. The monoisotopic (exact) mass is 366 g/mol. The molecule has 0 radical (unpaired) electrons. The minimum atomic E-state index is -2.45. The highest BCUT2D eigenvalue weighted by molar-refractivity contribution is 5.85. The second-order valence-electron chi connectivity index (χ2n) is 6.36. The van der Waals surface area contributed by atoms with E-state index in [1.807, 2.05) is 0 Å². The number of halogens is 4. The minimum absolute atomic E-state index is 0. The fourth-order valence-corrected chi connectivity index (χ4v) is 3.49. The Kier molecular flexibility index (Phi) is 8.22. The summed E-state index contributed by atoms with van der Waals surface area (Å²) in [5, 5.41) is 3.40. The molecular weight excluding hydrogens is 341 g/mol. The summed E-state index contributed by atoms with van der Waals surface area (Å²) in [6.45, 7) is 3.99. The topological polar surface area (TPSA) is 15.3 Å². The third-order valence-corrected chi connectivity index (χ3v) is 4.82. The number of benzene rings is 1. The number of nitrogens with zero attached hydrogens (tertiary/aromatic N) is 1. The highest BCUT2D eigenvalue weighted by Gasteiger charge is 2.34. The van der Waals surface area contributed by atoms with Crippen LogP contribution in [0.3, 0.4) is 0 Å². The standard InChI is InChI=1S/C17H24F2N2.2ClH/c18-17(19)7-11-21(12-8-17)13-15-3-1-2-4-16(15)14-5-9-20-10-6-14;;/h1-4,14,20H,5-13H2;2*1H. The Bertz CT molecular complexity index is 469. The molecule has 0 atom stereocenters. The van der Waals surface area contributed by atoms with Gasteiger partial charge in [0.1, 0.15) is 0 Å². The van der Waals surface area contributed by atoms with Crippen LogP contribution in [0.4, 0.5) is 8.78 Å². The molecule has 2 saturated heterocycles. The van der Waals surface area contributed by atoms with E-state index >= 15 is 0 Å². The molecule has 1 aromatic carbocycles. The average Bonchev–Trinajstić information content (AvgIpc) is 2.51. The summed E-state index contributed by atoms with van der Waals surface area (Å²) in [5.74, 6) is -1.83. The van der Waals surface area contributed by atoms with Gasteiger partial charge in [0.05, 0.1) is 0 Å². The van der Waals surface area contributed by atoms with Gasteiger partial charge in [-0.2, -0.15) is 0 Å². The second kappa shape index (κ2) is 9.16. The molecule has 0 aliphatic carbocycles. The van der Waals surface area contributed by atoms with E-state index in [-0.39, 0.29) is 37.7 Å². The maximum absolute atomic E-state index is 13.3. The van der Waals surface area contributed by atoms with Gasteiger partial charge in [-0.3, -0.25) is 4.90 Å². The lowest BCUT2D eigenvalue weighted by atomic mass is 9.87. The molecule has 6 heteroatoms. The van der Waals surface area contributed by atoms with Crippen molar-refractivity contribution in [2.75, 3.05) is 26.2 Å². The highest BCUT2D eigenvalue weighted by Crippen LogP contribution is 2.31. The molecule has 0 unspecified atom stereocenters. The first-order valence-electron chi connectivity index (χ1n) is 8.03. The van der Waals surface area contributed by atoms with E-state index in [9.17, 15) is 8.78 Å². The number of hydrogen-bond acceptors (Lipinski definition) is 2. The van der Waals surface area contributed by atoms with Crippen molar-refractivity contribution in [2.45, 2.75) is 44.1 Å². The van der Waals surface area contributed by atoms with Gasteiger partial charge in [0.15, 0.2) is 0 Å². The lowest BCUT2D eigenvalue weighted by molar-refractivity contribution is -0.0567. The molecule has 132 valence electrons. The van der Waals surface area contributed by atoms with Crippen molar-refractivity contribution < 1.29 is 8.78 Å². The third kappa shape index (κ3) is 5.56. The molecule has 2 heterocycles. The summed E-state index contributed by atoms with van der Waals surface area (Å²) in [4.78, 5) is 2.18. The zero-order valence-corrected chi connectivity index (χ0v) is 14.9. The molecule has 2 aliphatic rings. The summed E-state index contributed by atoms with van der Waals surface area (Å²) in [7, 11) is 0. The zero-order chi connectivity index (χ0) is 14.7. The molecule has 3 rings (SSSR count). The Morgan fingerprint density at radius 3 is 2.30 bits per heavy atom. The highest BCUT2D eigenvalue weighted by atomic mass is 35.5. The lowest BCUT2D eigenvalue weighted by Gasteiger charge is -2.33. The van der Waals surface area contributed by atoms with Crippen LogP contribution in [0.2, 0.25) is 0 Å². The molecule has 2 aliphatic heterocycles. The number of nitrogens with one attached hydrogen (secondary N) is 1. The third-order valence-electron chi connectivity index (χ3n) is 4.82. The SMILES string of the molecule is Cl.Cl.FC1(F)CCN(Cc2ccccc2C2CCNCC2)CC1. The first kappa shape index (κ1) is 20.6. The van der Waals surface area contributed by atoms with Crippen LogP contribution in [0.5, 0.6) is 0 Å². The molecule has 1 N–H and O–H groups in total. The molecule has 2 fully saturated rings. The maximum atomic E-state index is 13.3. The molecule has 0 amide bonds. The number of alkyl halides is 2. The Labute approximate surface area is 149 Å². The first-order valence-corrected chi connectivity index (χ1v) is 8.03. The van der Waals surface area contributed by atoms with Crippen LogP contribution >= 0.6 is 24.8 Å². The number of hydrogen-bond donors (Lipinski definition) is 1.